The van der Waals surface area contributed by atoms with E-state index in [1.54, 1.807) is 19.2 Å². The van der Waals surface area contributed by atoms with Crippen molar-refractivity contribution in [3.63, 3.8) is 0 Å². The third kappa shape index (κ3) is 5.49. The molecule has 1 aromatic carbocycles. The van der Waals surface area contributed by atoms with Crippen molar-refractivity contribution in [2.24, 2.45) is 10.9 Å². The zero-order valence-corrected chi connectivity index (χ0v) is 22.7. The maximum absolute atomic E-state index is 14.0. The Bertz CT molecular complexity index is 1420. The van der Waals surface area contributed by atoms with Gasteiger partial charge < -0.3 is 19.2 Å². The smallest absolute Gasteiger partial charge is 0.360 e. The number of aromatic nitrogens is 2. The number of benzene rings is 1. The average molecular weight is 553 g/mol. The lowest BCUT2D eigenvalue weighted by Gasteiger charge is -2.34. The number of halogens is 1. The van der Waals surface area contributed by atoms with Gasteiger partial charge in [-0.15, -0.1) is 11.3 Å². The van der Waals surface area contributed by atoms with Crippen LogP contribution < -0.4 is 5.32 Å². The van der Waals surface area contributed by atoms with Crippen LogP contribution in [0.5, 0.6) is 0 Å². The SMILES string of the molecule is CCOC(=O)C1=C([C@H]2CC[C@H](c3nc(C(=O)OC)co3)CC2)NC(c2nccs2)=NC1c1ccc(F)cc1C. The molecule has 0 amide bonds. The quantitative estimate of drug-likeness (QED) is 0.395. The molecule has 0 saturated heterocycles. The monoisotopic (exact) mass is 552 g/mol. The van der Waals surface area contributed by atoms with Gasteiger partial charge in [0, 0.05) is 23.2 Å². The molecule has 1 unspecified atom stereocenters. The van der Waals surface area contributed by atoms with Crippen LogP contribution in [-0.2, 0) is 14.3 Å². The van der Waals surface area contributed by atoms with Crippen LogP contribution in [0.25, 0.3) is 0 Å². The fraction of sp³-hybridized carbons (Fsp3) is 0.393. The van der Waals surface area contributed by atoms with Crippen LogP contribution in [0.4, 0.5) is 4.39 Å². The third-order valence-corrected chi connectivity index (χ3v) is 7.91. The van der Waals surface area contributed by atoms with Crippen molar-refractivity contribution in [3.8, 4) is 0 Å². The van der Waals surface area contributed by atoms with E-state index in [-0.39, 0.29) is 30.0 Å². The first-order chi connectivity index (χ1) is 18.9. The molecule has 5 rings (SSSR count). The van der Waals surface area contributed by atoms with Crippen molar-refractivity contribution < 1.29 is 27.9 Å². The van der Waals surface area contributed by atoms with Crippen molar-refractivity contribution in [2.75, 3.05) is 13.7 Å². The van der Waals surface area contributed by atoms with E-state index in [0.717, 1.165) is 36.9 Å². The number of rotatable bonds is 7. The number of thiazole rings is 1. The number of carbonyl (C=O) groups excluding carboxylic acids is 2. The number of hydrogen-bond acceptors (Lipinski definition) is 10. The highest BCUT2D eigenvalue weighted by Crippen LogP contribution is 2.43. The van der Waals surface area contributed by atoms with Crippen LogP contribution in [0, 0.1) is 18.7 Å². The lowest BCUT2D eigenvalue weighted by molar-refractivity contribution is -0.139. The Morgan fingerprint density at radius 3 is 2.62 bits per heavy atom. The van der Waals surface area contributed by atoms with Gasteiger partial charge in [-0.1, -0.05) is 6.07 Å². The zero-order valence-electron chi connectivity index (χ0n) is 21.9. The molecule has 3 heterocycles. The number of nitrogens with zero attached hydrogens (tertiary/aromatic N) is 3. The van der Waals surface area contributed by atoms with Crippen LogP contribution in [0.3, 0.4) is 0 Å². The second-order valence-corrected chi connectivity index (χ2v) is 10.4. The Kier molecular flexibility index (Phi) is 7.87. The first-order valence-electron chi connectivity index (χ1n) is 12.8. The first-order valence-corrected chi connectivity index (χ1v) is 13.7. The maximum atomic E-state index is 14.0. The molecule has 0 bridgehead atoms. The second kappa shape index (κ2) is 11.5. The first kappa shape index (κ1) is 26.7. The fourth-order valence-electron chi connectivity index (χ4n) is 5.24. The Morgan fingerprint density at radius 1 is 1.18 bits per heavy atom. The Hall–Kier alpha value is -3.86. The van der Waals surface area contributed by atoms with Gasteiger partial charge in [0.2, 0.25) is 0 Å². The summed E-state index contributed by atoms with van der Waals surface area (Å²) in [5.74, 6) is -0.217. The number of methoxy groups -OCH3 is 1. The predicted octanol–water partition coefficient (Wildman–Crippen LogP) is 5.25. The van der Waals surface area contributed by atoms with Crippen LogP contribution in [0.2, 0.25) is 0 Å². The molecule has 0 spiro atoms. The minimum Gasteiger partial charge on any atom is -0.464 e. The average Bonchev–Trinajstić information content (AvgIpc) is 3.65. The van der Waals surface area contributed by atoms with Crippen molar-refractivity contribution in [2.45, 2.75) is 51.5 Å². The summed E-state index contributed by atoms with van der Waals surface area (Å²) >= 11 is 1.44. The normalized spacial score (nSPS) is 21.2. The highest BCUT2D eigenvalue weighted by molar-refractivity contribution is 7.11. The number of hydrogen-bond donors (Lipinski definition) is 1. The van der Waals surface area contributed by atoms with Crippen molar-refractivity contribution >= 4 is 29.1 Å². The van der Waals surface area contributed by atoms with E-state index in [0.29, 0.717) is 27.9 Å². The number of esters is 2. The number of aliphatic imine (C=N–C) groups is 1. The van der Waals surface area contributed by atoms with Crippen LogP contribution in [0.15, 0.2) is 56.7 Å². The largest absolute Gasteiger partial charge is 0.464 e. The summed E-state index contributed by atoms with van der Waals surface area (Å²) in [5.41, 5.74) is 2.76. The number of nitrogens with one attached hydrogen (secondary N) is 1. The molecule has 0 radical (unpaired) electrons. The molecule has 1 atom stereocenters. The zero-order chi connectivity index (χ0) is 27.5. The van der Waals surface area contributed by atoms with E-state index in [4.69, 9.17) is 18.9 Å². The maximum Gasteiger partial charge on any atom is 0.360 e. The van der Waals surface area contributed by atoms with Gasteiger partial charge in [-0.05, 0) is 68.7 Å². The molecule has 204 valence electrons. The molecule has 1 aliphatic carbocycles. The summed E-state index contributed by atoms with van der Waals surface area (Å²) in [7, 11) is 1.30. The molecule has 9 nitrogen and oxygen atoms in total. The lowest BCUT2D eigenvalue weighted by atomic mass is 9.77. The molecule has 1 aliphatic heterocycles. The Morgan fingerprint density at radius 2 is 1.95 bits per heavy atom. The van der Waals surface area contributed by atoms with Gasteiger partial charge >= 0.3 is 11.9 Å². The molecule has 3 aromatic rings. The van der Waals surface area contributed by atoms with Gasteiger partial charge in [-0.3, -0.25) is 4.99 Å². The summed E-state index contributed by atoms with van der Waals surface area (Å²) in [6, 6.07) is 3.84. The van der Waals surface area contributed by atoms with E-state index in [9.17, 15) is 14.0 Å². The summed E-state index contributed by atoms with van der Waals surface area (Å²) < 4.78 is 29.8. The Balaban J connectivity index is 1.50. The fourth-order valence-corrected chi connectivity index (χ4v) is 5.83. The van der Waals surface area contributed by atoms with E-state index >= 15 is 0 Å². The molecule has 1 fully saturated rings. The predicted molar refractivity (Wildman–Crippen MR) is 142 cm³/mol. The van der Waals surface area contributed by atoms with Crippen LogP contribution in [-0.4, -0.2) is 41.5 Å². The number of ether oxygens (including phenoxy) is 2. The van der Waals surface area contributed by atoms with E-state index in [1.165, 1.54) is 36.8 Å². The van der Waals surface area contributed by atoms with Gasteiger partial charge in [0.05, 0.1) is 19.3 Å². The van der Waals surface area contributed by atoms with Crippen LogP contribution >= 0.6 is 11.3 Å². The molecular formula is C28H29FN4O5S. The number of amidine groups is 1. The van der Waals surface area contributed by atoms with E-state index < -0.39 is 18.0 Å². The number of carbonyl (C=O) groups is 2. The highest BCUT2D eigenvalue weighted by Gasteiger charge is 2.38. The van der Waals surface area contributed by atoms with Crippen molar-refractivity contribution in [3.05, 3.63) is 80.8 Å². The molecule has 2 aliphatic rings. The highest BCUT2D eigenvalue weighted by atomic mass is 32.1. The van der Waals surface area contributed by atoms with Crippen LogP contribution in [0.1, 0.15) is 77.1 Å². The van der Waals surface area contributed by atoms with Gasteiger partial charge in [-0.25, -0.2) is 23.9 Å². The standard InChI is InChI=1S/C28H29FN4O5S/c1-4-37-28(35)21-22(16-5-7-17(8-6-16)25-31-20(14-38-25)27(34)36-3)32-24(26-30-11-12-39-26)33-23(21)19-10-9-18(29)13-15(19)2/h9-14,16-17,23H,4-8H2,1-3H3,(H,32,33)/t16-,17-,23?. The Labute approximate surface area is 229 Å². The number of allylic oxidation sites excluding steroid dienone is 1. The van der Waals surface area contributed by atoms with Crippen molar-refractivity contribution in [1.82, 2.24) is 15.3 Å². The van der Waals surface area contributed by atoms with Gasteiger partial charge in [0.25, 0.3) is 0 Å². The molecule has 1 N–H and O–H groups in total. The minimum absolute atomic E-state index is 0.00409. The van der Waals surface area contributed by atoms with Crippen molar-refractivity contribution in [1.29, 1.82) is 0 Å². The summed E-state index contributed by atoms with van der Waals surface area (Å²) in [6.45, 7) is 3.79. The molecule has 11 heteroatoms. The summed E-state index contributed by atoms with van der Waals surface area (Å²) in [4.78, 5) is 38.9. The van der Waals surface area contributed by atoms with Gasteiger partial charge in [0.1, 0.15) is 18.1 Å². The molecule has 1 saturated carbocycles. The number of oxazole rings is 1. The minimum atomic E-state index is -0.674. The third-order valence-electron chi connectivity index (χ3n) is 7.13. The van der Waals surface area contributed by atoms with Gasteiger partial charge in [-0.2, -0.15) is 0 Å². The molecule has 2 aromatic heterocycles. The van der Waals surface area contributed by atoms with Gasteiger partial charge in [0.15, 0.2) is 22.4 Å². The summed E-state index contributed by atoms with van der Waals surface area (Å²) in [5, 5.41) is 5.99. The molecule has 39 heavy (non-hydrogen) atoms. The number of aryl methyl sites for hydroxylation is 1. The summed E-state index contributed by atoms with van der Waals surface area (Å²) in [6.07, 6.45) is 6.01. The van der Waals surface area contributed by atoms with E-state index in [1.807, 2.05) is 12.3 Å². The molecular weight excluding hydrogens is 523 g/mol. The second-order valence-electron chi connectivity index (χ2n) is 9.50. The topological polar surface area (TPSA) is 116 Å². The lowest BCUT2D eigenvalue weighted by Crippen LogP contribution is -2.38. The van der Waals surface area contributed by atoms with E-state index in [2.05, 4.69) is 15.3 Å².